The molecule has 0 saturated carbocycles. The number of hydrogen-bond donors (Lipinski definition) is 1. The lowest BCUT2D eigenvalue weighted by atomic mass is 10.3. The van der Waals surface area contributed by atoms with Crippen LogP contribution in [0.3, 0.4) is 0 Å². The molecule has 0 fully saturated rings. The molecule has 5 heteroatoms. The highest BCUT2D eigenvalue weighted by Gasteiger charge is 2.05. The molecule has 0 spiro atoms. The van der Waals surface area contributed by atoms with E-state index in [1.165, 1.54) is 0 Å². The van der Waals surface area contributed by atoms with Crippen molar-refractivity contribution in [2.75, 3.05) is 18.2 Å². The molecule has 0 radical (unpaired) electrons. The van der Waals surface area contributed by atoms with Crippen molar-refractivity contribution >= 4 is 35.0 Å². The standard InChI is InChI=1S/C15H14ClNO2S/c1-20-12-8-6-11(7-9-12)17-15(18)10-19-14-5-3-2-4-13(14)16/h2-9H,10H2,1H3,(H,17,18). The average molecular weight is 308 g/mol. The molecule has 3 nitrogen and oxygen atoms in total. The van der Waals surface area contributed by atoms with Crippen LogP contribution in [0.25, 0.3) is 0 Å². The number of amides is 1. The number of ether oxygens (including phenoxy) is 1. The van der Waals surface area contributed by atoms with Crippen molar-refractivity contribution in [3.63, 3.8) is 0 Å². The van der Waals surface area contributed by atoms with E-state index >= 15 is 0 Å². The van der Waals surface area contributed by atoms with Gasteiger partial charge in [-0.05, 0) is 42.7 Å². The Balaban J connectivity index is 1.87. The summed E-state index contributed by atoms with van der Waals surface area (Å²) in [4.78, 5) is 12.9. The summed E-state index contributed by atoms with van der Waals surface area (Å²) in [6.45, 7) is -0.0754. The van der Waals surface area contributed by atoms with Crippen LogP contribution in [-0.4, -0.2) is 18.8 Å². The molecule has 0 saturated heterocycles. The highest BCUT2D eigenvalue weighted by molar-refractivity contribution is 7.98. The minimum Gasteiger partial charge on any atom is -0.482 e. The Morgan fingerprint density at radius 1 is 1.20 bits per heavy atom. The van der Waals surface area contributed by atoms with Gasteiger partial charge in [-0.25, -0.2) is 0 Å². The summed E-state index contributed by atoms with van der Waals surface area (Å²) in [5, 5.41) is 3.26. The van der Waals surface area contributed by atoms with Crippen molar-refractivity contribution in [3.8, 4) is 5.75 Å². The highest BCUT2D eigenvalue weighted by atomic mass is 35.5. The molecule has 0 aliphatic heterocycles. The molecule has 2 rings (SSSR count). The quantitative estimate of drug-likeness (QED) is 0.846. The van der Waals surface area contributed by atoms with Crippen LogP contribution < -0.4 is 10.1 Å². The van der Waals surface area contributed by atoms with Gasteiger partial charge in [0.15, 0.2) is 6.61 Å². The minimum absolute atomic E-state index is 0.0754. The first-order valence-corrected chi connectivity index (χ1v) is 7.60. The van der Waals surface area contributed by atoms with Crippen LogP contribution in [-0.2, 0) is 4.79 Å². The van der Waals surface area contributed by atoms with Crippen molar-refractivity contribution in [2.24, 2.45) is 0 Å². The van der Waals surface area contributed by atoms with E-state index in [9.17, 15) is 4.79 Å². The summed E-state index contributed by atoms with van der Waals surface area (Å²) >= 11 is 7.60. The Morgan fingerprint density at radius 2 is 1.90 bits per heavy atom. The number of nitrogens with one attached hydrogen (secondary N) is 1. The number of benzene rings is 2. The number of carbonyl (C=O) groups excluding carboxylic acids is 1. The predicted molar refractivity (Wildman–Crippen MR) is 83.8 cm³/mol. The average Bonchev–Trinajstić information content (AvgIpc) is 2.47. The maximum Gasteiger partial charge on any atom is 0.262 e. The van der Waals surface area contributed by atoms with E-state index in [1.54, 1.807) is 30.0 Å². The second-order valence-electron chi connectivity index (χ2n) is 4.00. The fourth-order valence-corrected chi connectivity index (χ4v) is 2.18. The molecule has 1 N–H and O–H groups in total. The number of hydrogen-bond acceptors (Lipinski definition) is 3. The van der Waals surface area contributed by atoms with Crippen LogP contribution in [0.5, 0.6) is 5.75 Å². The number of carbonyl (C=O) groups is 1. The van der Waals surface area contributed by atoms with Crippen molar-refractivity contribution in [1.82, 2.24) is 0 Å². The van der Waals surface area contributed by atoms with Gasteiger partial charge in [-0.2, -0.15) is 0 Å². The van der Waals surface area contributed by atoms with Gasteiger partial charge in [0.1, 0.15) is 5.75 Å². The Bertz CT molecular complexity index is 587. The predicted octanol–water partition coefficient (Wildman–Crippen LogP) is 4.08. The van der Waals surface area contributed by atoms with Gasteiger partial charge in [-0.1, -0.05) is 23.7 Å². The fraction of sp³-hybridized carbons (Fsp3) is 0.133. The maximum atomic E-state index is 11.8. The van der Waals surface area contributed by atoms with Gasteiger partial charge in [0, 0.05) is 10.6 Å². The third kappa shape index (κ3) is 4.18. The smallest absolute Gasteiger partial charge is 0.262 e. The molecule has 2 aromatic rings. The molecular weight excluding hydrogens is 294 g/mol. The number of rotatable bonds is 5. The number of anilines is 1. The summed E-state index contributed by atoms with van der Waals surface area (Å²) in [7, 11) is 0. The van der Waals surface area contributed by atoms with Crippen molar-refractivity contribution in [1.29, 1.82) is 0 Å². The Hall–Kier alpha value is -1.65. The molecule has 1 amide bonds. The first kappa shape index (κ1) is 14.8. The zero-order valence-corrected chi connectivity index (χ0v) is 12.5. The summed E-state index contributed by atoms with van der Waals surface area (Å²) in [6, 6.07) is 14.7. The molecule has 0 aromatic heterocycles. The largest absolute Gasteiger partial charge is 0.482 e. The molecule has 0 aliphatic rings. The van der Waals surface area contributed by atoms with Gasteiger partial charge in [-0.15, -0.1) is 11.8 Å². The third-order valence-corrected chi connectivity index (χ3v) is 3.63. The van der Waals surface area contributed by atoms with Crippen LogP contribution in [0.1, 0.15) is 0 Å². The number of halogens is 1. The molecule has 0 heterocycles. The second kappa shape index (κ2) is 7.22. The molecule has 104 valence electrons. The number of thioether (sulfide) groups is 1. The van der Waals surface area contributed by atoms with Crippen molar-refractivity contribution < 1.29 is 9.53 Å². The molecule has 20 heavy (non-hydrogen) atoms. The lowest BCUT2D eigenvalue weighted by Gasteiger charge is -2.08. The van der Waals surface area contributed by atoms with E-state index in [2.05, 4.69) is 5.32 Å². The summed E-state index contributed by atoms with van der Waals surface area (Å²) < 4.78 is 5.37. The monoisotopic (exact) mass is 307 g/mol. The SMILES string of the molecule is CSc1ccc(NC(=O)COc2ccccc2Cl)cc1. The molecule has 0 bridgehead atoms. The lowest BCUT2D eigenvalue weighted by molar-refractivity contribution is -0.118. The van der Waals surface area contributed by atoms with Gasteiger partial charge in [0.2, 0.25) is 0 Å². The molecular formula is C15H14ClNO2S. The summed E-state index contributed by atoms with van der Waals surface area (Å²) in [6.07, 6.45) is 2.00. The van der Waals surface area contributed by atoms with Crippen LogP contribution in [0.2, 0.25) is 5.02 Å². The normalized spacial score (nSPS) is 10.1. The van der Waals surface area contributed by atoms with Crippen molar-refractivity contribution in [3.05, 3.63) is 53.6 Å². The van der Waals surface area contributed by atoms with Crippen molar-refractivity contribution in [2.45, 2.75) is 4.90 Å². The van der Waals surface area contributed by atoms with Crippen LogP contribution in [0.15, 0.2) is 53.4 Å². The van der Waals surface area contributed by atoms with E-state index in [0.717, 1.165) is 10.6 Å². The van der Waals surface area contributed by atoms with E-state index in [4.69, 9.17) is 16.3 Å². The van der Waals surface area contributed by atoms with E-state index < -0.39 is 0 Å². The van der Waals surface area contributed by atoms with Gasteiger partial charge < -0.3 is 10.1 Å². The van der Waals surface area contributed by atoms with Crippen LogP contribution in [0.4, 0.5) is 5.69 Å². The molecule has 0 unspecified atom stereocenters. The first-order chi connectivity index (χ1) is 9.69. The van der Waals surface area contributed by atoms with E-state index in [0.29, 0.717) is 10.8 Å². The van der Waals surface area contributed by atoms with E-state index in [1.807, 2.05) is 36.6 Å². The van der Waals surface area contributed by atoms with Crippen LogP contribution >= 0.6 is 23.4 Å². The second-order valence-corrected chi connectivity index (χ2v) is 5.28. The minimum atomic E-state index is -0.221. The molecule has 0 aliphatic carbocycles. The maximum absolute atomic E-state index is 11.8. The van der Waals surface area contributed by atoms with Gasteiger partial charge in [-0.3, -0.25) is 4.79 Å². The Morgan fingerprint density at radius 3 is 2.55 bits per heavy atom. The zero-order valence-electron chi connectivity index (χ0n) is 10.9. The fourth-order valence-electron chi connectivity index (χ4n) is 1.58. The summed E-state index contributed by atoms with van der Waals surface area (Å²) in [5.74, 6) is 0.281. The number of para-hydroxylation sites is 1. The molecule has 0 atom stereocenters. The van der Waals surface area contributed by atoms with Gasteiger partial charge >= 0.3 is 0 Å². The van der Waals surface area contributed by atoms with Crippen LogP contribution in [0, 0.1) is 0 Å². The lowest BCUT2D eigenvalue weighted by Crippen LogP contribution is -2.20. The van der Waals surface area contributed by atoms with Gasteiger partial charge in [0.25, 0.3) is 5.91 Å². The van der Waals surface area contributed by atoms with E-state index in [-0.39, 0.29) is 12.5 Å². The Labute approximate surface area is 127 Å². The van der Waals surface area contributed by atoms with Gasteiger partial charge in [0.05, 0.1) is 5.02 Å². The summed E-state index contributed by atoms with van der Waals surface area (Å²) in [5.41, 5.74) is 0.746. The topological polar surface area (TPSA) is 38.3 Å². The first-order valence-electron chi connectivity index (χ1n) is 6.00. The highest BCUT2D eigenvalue weighted by Crippen LogP contribution is 2.23. The molecule has 2 aromatic carbocycles. The zero-order chi connectivity index (χ0) is 14.4. The third-order valence-electron chi connectivity index (χ3n) is 2.57. The Kier molecular flexibility index (Phi) is 5.32.